The van der Waals surface area contributed by atoms with Crippen LogP contribution in [0.2, 0.25) is 0 Å². The molecule has 0 aliphatic carbocycles. The van der Waals surface area contributed by atoms with Gasteiger partial charge in [-0.05, 0) is 31.7 Å². The molecule has 0 radical (unpaired) electrons. The summed E-state index contributed by atoms with van der Waals surface area (Å²) in [7, 11) is 0.889. The molecule has 1 saturated heterocycles. The second kappa shape index (κ2) is 6.48. The van der Waals surface area contributed by atoms with Gasteiger partial charge in [0.05, 0.1) is 0 Å². The van der Waals surface area contributed by atoms with Gasteiger partial charge in [0.25, 0.3) is 0 Å². The first-order valence-corrected chi connectivity index (χ1v) is 9.13. The fourth-order valence-corrected chi connectivity index (χ4v) is 4.45. The molecule has 24 heavy (non-hydrogen) atoms. The lowest BCUT2D eigenvalue weighted by atomic mass is 10.0. The minimum absolute atomic E-state index is 0.0187. The summed E-state index contributed by atoms with van der Waals surface area (Å²) in [5, 5.41) is 1.07. The number of likely N-dealkylation sites (N-methyl/N-ethyl adjacent to an activating group) is 1. The fourth-order valence-electron chi connectivity index (χ4n) is 2.91. The van der Waals surface area contributed by atoms with Gasteiger partial charge >= 0.3 is 8.53 Å². The summed E-state index contributed by atoms with van der Waals surface area (Å²) in [6.45, 7) is 2.17. The molecule has 4 nitrogen and oxygen atoms in total. The van der Waals surface area contributed by atoms with Gasteiger partial charge in [-0.2, -0.15) is 0 Å². The van der Waals surface area contributed by atoms with Crippen molar-refractivity contribution in [3.05, 3.63) is 72.4 Å². The van der Waals surface area contributed by atoms with Crippen molar-refractivity contribution >= 4 is 19.4 Å². The smallest absolute Gasteiger partial charge is 0.321 e. The van der Waals surface area contributed by atoms with E-state index in [9.17, 15) is 0 Å². The van der Waals surface area contributed by atoms with E-state index in [0.717, 1.165) is 16.7 Å². The SMILES string of the molecule is C[C@H]1[C@H](c2ccccc2)OP(Oc2cccc3cccnc23)N1C. The Balaban J connectivity index is 1.61. The fraction of sp³-hybridized carbons (Fsp3) is 0.211. The predicted octanol–water partition coefficient (Wildman–Crippen LogP) is 4.93. The number of hydrogen-bond donors (Lipinski definition) is 0. The molecule has 5 heteroatoms. The molecule has 122 valence electrons. The number of fused-ring (bicyclic) bond motifs is 1. The van der Waals surface area contributed by atoms with Crippen LogP contribution < -0.4 is 4.52 Å². The Kier molecular flexibility index (Phi) is 4.19. The molecular weight excluding hydrogens is 319 g/mol. The summed E-state index contributed by atoms with van der Waals surface area (Å²) in [4.78, 5) is 4.46. The Morgan fingerprint density at radius 2 is 1.83 bits per heavy atom. The van der Waals surface area contributed by atoms with E-state index in [1.807, 2.05) is 48.5 Å². The van der Waals surface area contributed by atoms with Crippen molar-refractivity contribution in [1.82, 2.24) is 9.65 Å². The topological polar surface area (TPSA) is 34.6 Å². The molecule has 1 aromatic heterocycles. The van der Waals surface area contributed by atoms with E-state index in [4.69, 9.17) is 9.05 Å². The molecule has 4 rings (SSSR count). The largest absolute Gasteiger partial charge is 0.433 e. The normalized spacial score (nSPS) is 24.3. The lowest BCUT2D eigenvalue weighted by Gasteiger charge is -2.20. The minimum atomic E-state index is -1.16. The molecule has 0 spiro atoms. The Morgan fingerprint density at radius 1 is 1.04 bits per heavy atom. The van der Waals surface area contributed by atoms with Crippen molar-refractivity contribution in [2.75, 3.05) is 7.05 Å². The average Bonchev–Trinajstić information content (AvgIpc) is 2.91. The Labute approximate surface area is 143 Å². The third kappa shape index (κ3) is 2.78. The van der Waals surface area contributed by atoms with Gasteiger partial charge in [0.1, 0.15) is 11.6 Å². The second-order valence-corrected chi connectivity index (χ2v) is 7.41. The zero-order chi connectivity index (χ0) is 16.5. The van der Waals surface area contributed by atoms with Gasteiger partial charge in [0.2, 0.25) is 0 Å². The van der Waals surface area contributed by atoms with E-state index in [2.05, 4.69) is 35.8 Å². The standard InChI is InChI=1S/C19H19N2O2P/c1-14-19(16-8-4-3-5-9-16)23-24(21(14)2)22-17-12-6-10-15-11-7-13-20-18(15)17/h3-14,19H,1-2H3/t14-,19+,24?/m0/s1. The molecule has 0 amide bonds. The summed E-state index contributed by atoms with van der Waals surface area (Å²) in [6.07, 6.45) is 1.81. The highest BCUT2D eigenvalue weighted by Gasteiger charge is 2.41. The molecule has 3 aromatic rings. The van der Waals surface area contributed by atoms with Gasteiger partial charge in [-0.1, -0.05) is 48.5 Å². The zero-order valence-corrected chi connectivity index (χ0v) is 14.6. The van der Waals surface area contributed by atoms with Gasteiger partial charge in [-0.3, -0.25) is 4.98 Å². The van der Waals surface area contributed by atoms with Crippen molar-refractivity contribution in [2.24, 2.45) is 0 Å². The lowest BCUT2D eigenvalue weighted by Crippen LogP contribution is -2.23. The summed E-state index contributed by atoms with van der Waals surface area (Å²) in [5.74, 6) is 0.770. The van der Waals surface area contributed by atoms with Crippen LogP contribution in [0.15, 0.2) is 66.9 Å². The van der Waals surface area contributed by atoms with Crippen LogP contribution in [0.3, 0.4) is 0 Å². The lowest BCUT2D eigenvalue weighted by molar-refractivity contribution is 0.210. The molecular formula is C19H19N2O2P. The molecule has 0 bridgehead atoms. The van der Waals surface area contributed by atoms with E-state index in [1.54, 1.807) is 6.20 Å². The summed E-state index contributed by atoms with van der Waals surface area (Å²) < 4.78 is 14.7. The van der Waals surface area contributed by atoms with Gasteiger partial charge in [-0.25, -0.2) is 4.67 Å². The molecule has 1 aliphatic rings. The maximum Gasteiger partial charge on any atom is 0.321 e. The first-order chi connectivity index (χ1) is 11.7. The average molecular weight is 338 g/mol. The highest BCUT2D eigenvalue weighted by atomic mass is 31.2. The molecule has 2 aromatic carbocycles. The van der Waals surface area contributed by atoms with Crippen LogP contribution in [-0.2, 0) is 4.52 Å². The molecule has 2 heterocycles. The molecule has 1 unspecified atom stereocenters. The Morgan fingerprint density at radius 3 is 2.67 bits per heavy atom. The number of rotatable bonds is 3. The van der Waals surface area contributed by atoms with E-state index in [-0.39, 0.29) is 12.1 Å². The summed E-state index contributed by atoms with van der Waals surface area (Å²) in [5.41, 5.74) is 2.05. The van der Waals surface area contributed by atoms with Crippen molar-refractivity contribution in [1.29, 1.82) is 0 Å². The zero-order valence-electron chi connectivity index (χ0n) is 13.7. The number of hydrogen-bond acceptors (Lipinski definition) is 4. The van der Waals surface area contributed by atoms with E-state index in [0.29, 0.717) is 0 Å². The van der Waals surface area contributed by atoms with Gasteiger partial charge in [-0.15, -0.1) is 0 Å². The first-order valence-electron chi connectivity index (χ1n) is 8.00. The highest BCUT2D eigenvalue weighted by Crippen LogP contribution is 2.56. The predicted molar refractivity (Wildman–Crippen MR) is 96.8 cm³/mol. The van der Waals surface area contributed by atoms with Gasteiger partial charge in [0.15, 0.2) is 5.75 Å². The van der Waals surface area contributed by atoms with Gasteiger partial charge < -0.3 is 9.05 Å². The van der Waals surface area contributed by atoms with Crippen LogP contribution >= 0.6 is 8.53 Å². The van der Waals surface area contributed by atoms with Crippen molar-refractivity contribution in [2.45, 2.75) is 19.1 Å². The number of aromatic nitrogens is 1. The van der Waals surface area contributed by atoms with Crippen molar-refractivity contribution < 1.29 is 9.05 Å². The number of para-hydroxylation sites is 1. The maximum atomic E-state index is 6.27. The van der Waals surface area contributed by atoms with Crippen molar-refractivity contribution in [3.8, 4) is 5.75 Å². The van der Waals surface area contributed by atoms with Crippen LogP contribution in [0.1, 0.15) is 18.6 Å². The number of benzene rings is 2. The van der Waals surface area contributed by atoms with Crippen LogP contribution in [-0.4, -0.2) is 22.7 Å². The van der Waals surface area contributed by atoms with Crippen LogP contribution in [0, 0.1) is 0 Å². The van der Waals surface area contributed by atoms with Crippen LogP contribution in [0.4, 0.5) is 0 Å². The Bertz CT molecular complexity index is 838. The third-order valence-electron chi connectivity index (χ3n) is 4.39. The Hall–Kier alpha value is -2.00. The maximum absolute atomic E-state index is 6.27. The monoisotopic (exact) mass is 338 g/mol. The minimum Gasteiger partial charge on any atom is -0.433 e. The molecule has 0 N–H and O–H groups in total. The molecule has 0 saturated carbocycles. The molecule has 1 aliphatic heterocycles. The second-order valence-electron chi connectivity index (χ2n) is 5.91. The molecule has 1 fully saturated rings. The van der Waals surface area contributed by atoms with Gasteiger partial charge in [0, 0.05) is 17.6 Å². The van der Waals surface area contributed by atoms with Crippen LogP contribution in [0.5, 0.6) is 5.75 Å². The highest BCUT2D eigenvalue weighted by molar-refractivity contribution is 7.45. The van der Waals surface area contributed by atoms with Crippen molar-refractivity contribution in [3.63, 3.8) is 0 Å². The quantitative estimate of drug-likeness (QED) is 0.634. The summed E-state index contributed by atoms with van der Waals surface area (Å²) in [6, 6.07) is 20.5. The number of nitrogens with zero attached hydrogens (tertiary/aromatic N) is 2. The third-order valence-corrected chi connectivity index (χ3v) is 6.03. The van der Waals surface area contributed by atoms with E-state index >= 15 is 0 Å². The van der Waals surface area contributed by atoms with E-state index < -0.39 is 8.53 Å². The van der Waals surface area contributed by atoms with E-state index in [1.165, 1.54) is 5.56 Å². The molecule has 3 atom stereocenters. The van der Waals surface area contributed by atoms with Crippen LogP contribution in [0.25, 0.3) is 10.9 Å². The summed E-state index contributed by atoms with van der Waals surface area (Å²) >= 11 is 0. The number of pyridine rings is 1. The first kappa shape index (κ1) is 15.5.